The van der Waals surface area contributed by atoms with Gasteiger partial charge in [-0.15, -0.1) is 0 Å². The molecule has 1 fully saturated rings. The lowest BCUT2D eigenvalue weighted by Gasteiger charge is -2.21. The van der Waals surface area contributed by atoms with Crippen LogP contribution in [-0.2, 0) is 6.54 Å². The van der Waals surface area contributed by atoms with Crippen LogP contribution in [0.3, 0.4) is 0 Å². The van der Waals surface area contributed by atoms with Gasteiger partial charge in [0.2, 0.25) is 0 Å². The highest BCUT2D eigenvalue weighted by atomic mass is 16.5. The average Bonchev–Trinajstić information content (AvgIpc) is 3.40. The maximum atomic E-state index is 13.3. The van der Waals surface area contributed by atoms with Gasteiger partial charge in [-0.05, 0) is 31.2 Å². The molecule has 2 aliphatic heterocycles. The van der Waals surface area contributed by atoms with Crippen LogP contribution < -0.4 is 15.9 Å². The fourth-order valence-corrected chi connectivity index (χ4v) is 5.40. The van der Waals surface area contributed by atoms with E-state index in [1.54, 1.807) is 41.3 Å². The second kappa shape index (κ2) is 7.85. The summed E-state index contributed by atoms with van der Waals surface area (Å²) >= 11 is 0. The summed E-state index contributed by atoms with van der Waals surface area (Å²) in [5, 5.41) is 3.77. The van der Waals surface area contributed by atoms with E-state index in [4.69, 9.17) is 9.72 Å². The molecule has 0 spiro atoms. The number of nitrogens with one attached hydrogen (secondary N) is 2. The summed E-state index contributed by atoms with van der Waals surface area (Å²) in [6.45, 7) is 4.12. The third-order valence-corrected chi connectivity index (χ3v) is 7.20. The van der Waals surface area contributed by atoms with Crippen LogP contribution in [0.1, 0.15) is 13.3 Å². The van der Waals surface area contributed by atoms with Crippen molar-refractivity contribution >= 4 is 21.9 Å². The first kappa shape index (κ1) is 21.0. The van der Waals surface area contributed by atoms with E-state index in [0.29, 0.717) is 58.2 Å². The molecule has 180 valence electrons. The largest absolute Gasteiger partial charge is 0.487 e. The monoisotopic (exact) mass is 481 g/mol. The second-order valence-corrected chi connectivity index (χ2v) is 9.47. The number of benzene rings is 2. The summed E-state index contributed by atoms with van der Waals surface area (Å²) in [4.78, 5) is 45.3. The first-order chi connectivity index (χ1) is 17.5. The number of nitrogens with zero attached hydrogens (tertiary/aromatic N) is 5. The second-order valence-electron chi connectivity index (χ2n) is 9.47. The molecule has 0 saturated carbocycles. The molecular weight excluding hydrogens is 458 g/mol. The normalized spacial score (nSPS) is 21.2. The zero-order valence-electron chi connectivity index (χ0n) is 19.6. The maximum Gasteiger partial charge on any atom is 0.275 e. The molecular formula is C26H23N7O3. The van der Waals surface area contributed by atoms with Crippen LogP contribution in [0.25, 0.3) is 44.6 Å². The molecule has 1 saturated heterocycles. The Hall–Kier alpha value is -4.31. The fraction of sp³-hybridized carbons (Fsp3) is 0.269. The molecule has 36 heavy (non-hydrogen) atoms. The molecule has 0 aliphatic carbocycles. The lowest BCUT2D eigenvalue weighted by Crippen LogP contribution is -2.33. The van der Waals surface area contributed by atoms with Crippen LogP contribution in [0, 0.1) is 0 Å². The van der Waals surface area contributed by atoms with Crippen LogP contribution in [0.2, 0.25) is 0 Å². The molecule has 10 heteroatoms. The van der Waals surface area contributed by atoms with Gasteiger partial charge in [0, 0.05) is 49.1 Å². The van der Waals surface area contributed by atoms with Crippen molar-refractivity contribution in [1.29, 1.82) is 0 Å². The van der Waals surface area contributed by atoms with E-state index in [2.05, 4.69) is 31.9 Å². The van der Waals surface area contributed by atoms with Crippen LogP contribution >= 0.6 is 0 Å². The lowest BCUT2D eigenvalue weighted by molar-refractivity contribution is 0.195. The van der Waals surface area contributed by atoms with Gasteiger partial charge in [0.1, 0.15) is 23.1 Å². The zero-order chi connectivity index (χ0) is 24.4. The van der Waals surface area contributed by atoms with Crippen molar-refractivity contribution in [2.45, 2.75) is 32.0 Å². The molecule has 7 rings (SSSR count). The topological polar surface area (TPSA) is 122 Å². The SMILES string of the molecule is C[C@@H]1CC2CN1CCn1[nH]c3c(cccc3c1=O)-c1nc3c(cc(-c4ncccn4)cc3[nH]c1=O)O2. The van der Waals surface area contributed by atoms with Gasteiger partial charge in [-0.25, -0.2) is 15.0 Å². The van der Waals surface area contributed by atoms with Crippen molar-refractivity contribution < 1.29 is 4.74 Å². The molecule has 5 aromatic rings. The van der Waals surface area contributed by atoms with Crippen molar-refractivity contribution in [2.24, 2.45) is 0 Å². The van der Waals surface area contributed by atoms with Crippen molar-refractivity contribution in [3.63, 3.8) is 0 Å². The first-order valence-electron chi connectivity index (χ1n) is 12.0. The zero-order valence-corrected chi connectivity index (χ0v) is 19.6. The van der Waals surface area contributed by atoms with E-state index in [0.717, 1.165) is 18.5 Å². The third-order valence-electron chi connectivity index (χ3n) is 7.20. The Kier molecular flexibility index (Phi) is 4.58. The molecule has 2 aromatic carbocycles. The van der Waals surface area contributed by atoms with Crippen LogP contribution in [-0.4, -0.2) is 59.9 Å². The third kappa shape index (κ3) is 3.25. The maximum absolute atomic E-state index is 13.3. The van der Waals surface area contributed by atoms with Crippen LogP contribution in [0.5, 0.6) is 5.75 Å². The number of rotatable bonds is 1. The Morgan fingerprint density at radius 1 is 1.08 bits per heavy atom. The van der Waals surface area contributed by atoms with Crippen molar-refractivity contribution in [3.05, 3.63) is 69.5 Å². The Balaban J connectivity index is 1.52. The number of ether oxygens (including phenoxy) is 1. The van der Waals surface area contributed by atoms with E-state index >= 15 is 0 Å². The Bertz CT molecular complexity index is 1760. The Morgan fingerprint density at radius 2 is 1.94 bits per heavy atom. The summed E-state index contributed by atoms with van der Waals surface area (Å²) in [7, 11) is 0. The van der Waals surface area contributed by atoms with Crippen molar-refractivity contribution in [1.82, 2.24) is 34.6 Å². The number of aromatic nitrogens is 6. The number of fused-ring (bicyclic) bond motifs is 5. The van der Waals surface area contributed by atoms with Gasteiger partial charge in [0.15, 0.2) is 5.82 Å². The van der Waals surface area contributed by atoms with E-state index in [-0.39, 0.29) is 22.9 Å². The van der Waals surface area contributed by atoms with Gasteiger partial charge < -0.3 is 9.72 Å². The molecule has 2 N–H and O–H groups in total. The predicted molar refractivity (Wildman–Crippen MR) is 135 cm³/mol. The summed E-state index contributed by atoms with van der Waals surface area (Å²) in [5.41, 5.74) is 2.76. The molecule has 0 radical (unpaired) electrons. The Morgan fingerprint density at radius 3 is 2.81 bits per heavy atom. The number of hydrogen-bond acceptors (Lipinski definition) is 7. The van der Waals surface area contributed by atoms with Gasteiger partial charge >= 0.3 is 0 Å². The molecule has 2 aliphatic rings. The Labute approximate surface area is 204 Å². The summed E-state index contributed by atoms with van der Waals surface area (Å²) < 4.78 is 8.18. The summed E-state index contributed by atoms with van der Waals surface area (Å²) in [6, 6.07) is 11.1. The smallest absolute Gasteiger partial charge is 0.275 e. The van der Waals surface area contributed by atoms with Crippen LogP contribution in [0.4, 0.5) is 0 Å². The molecule has 0 amide bonds. The molecule has 3 aromatic heterocycles. The molecule has 2 unspecified atom stereocenters. The number of para-hydroxylation sites is 1. The molecule has 5 heterocycles. The van der Waals surface area contributed by atoms with Gasteiger partial charge in [-0.3, -0.25) is 24.3 Å². The predicted octanol–water partition coefficient (Wildman–Crippen LogP) is 2.55. The molecule has 10 nitrogen and oxygen atoms in total. The minimum atomic E-state index is -0.353. The number of hydrogen-bond donors (Lipinski definition) is 2. The molecule has 3 atom stereocenters. The first-order valence-corrected chi connectivity index (χ1v) is 12.0. The quantitative estimate of drug-likeness (QED) is 0.377. The van der Waals surface area contributed by atoms with Gasteiger partial charge in [-0.2, -0.15) is 0 Å². The number of aromatic amines is 2. The number of H-pyrrole nitrogens is 2. The van der Waals surface area contributed by atoms with Gasteiger partial charge in [0.25, 0.3) is 11.1 Å². The fourth-order valence-electron chi connectivity index (χ4n) is 5.40. The average molecular weight is 482 g/mol. The van der Waals surface area contributed by atoms with Crippen molar-refractivity contribution in [3.8, 4) is 28.4 Å². The van der Waals surface area contributed by atoms with E-state index in [1.807, 2.05) is 12.1 Å². The molecule has 6 bridgehead atoms. The standard InChI is InChI=1S/C26H23N7O3/c1-14-10-16-13-32(14)8-9-33-26(35)18-5-2-4-17(21(18)31-33)22-25(34)29-19-11-15(24-27-6-3-7-28-24)12-20(36-16)23(19)30-22/h2-7,11-12,14,16,31H,8-10,13H2,1H3,(H,29,34)/t14-,16?/m1/s1. The highest BCUT2D eigenvalue weighted by molar-refractivity contribution is 5.94. The van der Waals surface area contributed by atoms with E-state index in [9.17, 15) is 9.59 Å². The lowest BCUT2D eigenvalue weighted by atomic mass is 10.1. The van der Waals surface area contributed by atoms with Gasteiger partial charge in [-0.1, -0.05) is 12.1 Å². The highest BCUT2D eigenvalue weighted by Crippen LogP contribution is 2.33. The summed E-state index contributed by atoms with van der Waals surface area (Å²) in [6.07, 6.45) is 4.14. The van der Waals surface area contributed by atoms with Crippen LogP contribution in [0.15, 0.2) is 58.4 Å². The van der Waals surface area contributed by atoms with Crippen molar-refractivity contribution in [2.75, 3.05) is 13.1 Å². The highest BCUT2D eigenvalue weighted by Gasteiger charge is 2.31. The van der Waals surface area contributed by atoms with E-state index < -0.39 is 0 Å². The summed E-state index contributed by atoms with van der Waals surface area (Å²) in [5.74, 6) is 1.11. The van der Waals surface area contributed by atoms with Gasteiger partial charge in [0.05, 0.1) is 23.0 Å². The minimum Gasteiger partial charge on any atom is -0.487 e. The minimum absolute atomic E-state index is 0.0610. The van der Waals surface area contributed by atoms with E-state index in [1.165, 1.54) is 0 Å².